The molecular formula is C15H21BrN2O5. The molecule has 0 aliphatic heterocycles. The summed E-state index contributed by atoms with van der Waals surface area (Å²) in [5.41, 5.74) is 5.44. The summed E-state index contributed by atoms with van der Waals surface area (Å²) in [7, 11) is 0. The largest absolute Gasteiger partial charge is 0.486 e. The van der Waals surface area contributed by atoms with Crippen molar-refractivity contribution in [2.45, 2.75) is 45.4 Å². The highest BCUT2D eigenvalue weighted by molar-refractivity contribution is 9.10. The van der Waals surface area contributed by atoms with Crippen LogP contribution in [0.1, 0.15) is 27.7 Å². The molecule has 0 radical (unpaired) electrons. The molecule has 0 fully saturated rings. The van der Waals surface area contributed by atoms with Gasteiger partial charge >= 0.3 is 12.1 Å². The van der Waals surface area contributed by atoms with E-state index in [-0.39, 0.29) is 0 Å². The molecule has 23 heavy (non-hydrogen) atoms. The van der Waals surface area contributed by atoms with Gasteiger partial charge in [-0.3, -0.25) is 0 Å². The molecule has 0 heterocycles. The Morgan fingerprint density at radius 1 is 1.35 bits per heavy atom. The maximum atomic E-state index is 11.8. The van der Waals surface area contributed by atoms with Crippen molar-refractivity contribution in [1.82, 2.24) is 5.32 Å². The third-order valence-electron chi connectivity index (χ3n) is 2.69. The van der Waals surface area contributed by atoms with Crippen LogP contribution in [0.25, 0.3) is 0 Å². The van der Waals surface area contributed by atoms with Crippen LogP contribution in [-0.2, 0) is 9.53 Å². The van der Waals surface area contributed by atoms with E-state index in [1.165, 1.54) is 6.92 Å². The number of carboxylic acids is 1. The molecule has 0 aliphatic rings. The molecule has 0 saturated carbocycles. The quantitative estimate of drug-likeness (QED) is 0.668. The summed E-state index contributed by atoms with van der Waals surface area (Å²) in [6, 6.07) is 3.68. The van der Waals surface area contributed by atoms with Crippen molar-refractivity contribution in [2.75, 3.05) is 5.73 Å². The van der Waals surface area contributed by atoms with Gasteiger partial charge in [0.2, 0.25) is 0 Å². The van der Waals surface area contributed by atoms with Crippen LogP contribution < -0.4 is 15.8 Å². The highest BCUT2D eigenvalue weighted by Crippen LogP contribution is 2.26. The fourth-order valence-electron chi connectivity index (χ4n) is 1.71. The van der Waals surface area contributed by atoms with Gasteiger partial charge in [0.25, 0.3) is 0 Å². The molecule has 0 unspecified atom stereocenters. The number of aliphatic carboxylic acids is 1. The second-order valence-electron chi connectivity index (χ2n) is 5.97. The van der Waals surface area contributed by atoms with Crippen molar-refractivity contribution >= 4 is 33.7 Å². The smallest absolute Gasteiger partial charge is 0.408 e. The summed E-state index contributed by atoms with van der Waals surface area (Å²) in [4.78, 5) is 23.1. The van der Waals surface area contributed by atoms with Crippen LogP contribution in [-0.4, -0.2) is 34.9 Å². The number of halogens is 1. The van der Waals surface area contributed by atoms with Crippen LogP contribution in [0, 0.1) is 0 Å². The van der Waals surface area contributed by atoms with E-state index in [0.717, 1.165) is 4.47 Å². The molecule has 0 spiro atoms. The fourth-order valence-corrected chi connectivity index (χ4v) is 2.09. The third-order valence-corrected chi connectivity index (χ3v) is 3.19. The number of carbonyl (C=O) groups is 2. The highest BCUT2D eigenvalue weighted by Gasteiger charge is 2.30. The van der Waals surface area contributed by atoms with E-state index < -0.39 is 29.8 Å². The maximum Gasteiger partial charge on any atom is 0.408 e. The first-order valence-electron chi connectivity index (χ1n) is 6.93. The first kappa shape index (κ1) is 19.1. The van der Waals surface area contributed by atoms with Gasteiger partial charge in [-0.25, -0.2) is 9.59 Å². The molecule has 1 rings (SSSR count). The zero-order chi connectivity index (χ0) is 17.8. The molecule has 2 atom stereocenters. The maximum absolute atomic E-state index is 11.8. The van der Waals surface area contributed by atoms with E-state index in [0.29, 0.717) is 11.4 Å². The number of hydrogen-bond donors (Lipinski definition) is 3. The molecule has 0 aliphatic carbocycles. The Bertz CT molecular complexity index is 586. The number of alkyl carbamates (subject to hydrolysis) is 1. The Balaban J connectivity index is 2.80. The van der Waals surface area contributed by atoms with Gasteiger partial charge in [-0.15, -0.1) is 0 Å². The Morgan fingerprint density at radius 2 is 1.96 bits per heavy atom. The normalized spacial score (nSPS) is 13.8. The van der Waals surface area contributed by atoms with Crippen LogP contribution in [0.15, 0.2) is 22.7 Å². The molecule has 0 bridgehead atoms. The third kappa shape index (κ3) is 6.35. The molecule has 0 saturated heterocycles. The van der Waals surface area contributed by atoms with Gasteiger partial charge in [0, 0.05) is 4.47 Å². The molecule has 4 N–H and O–H groups in total. The number of carboxylic acid groups (broad SMARTS) is 1. The SMILES string of the molecule is C[C@@H](Oc1ccc(Br)cc1N)[C@H](NC(=O)OC(C)(C)C)C(=O)O. The topological polar surface area (TPSA) is 111 Å². The number of hydrogen-bond acceptors (Lipinski definition) is 5. The predicted molar refractivity (Wildman–Crippen MR) is 89.4 cm³/mol. The van der Waals surface area contributed by atoms with Crippen molar-refractivity contribution in [1.29, 1.82) is 0 Å². The molecule has 8 heteroatoms. The minimum atomic E-state index is -1.28. The van der Waals surface area contributed by atoms with E-state index in [4.69, 9.17) is 15.2 Å². The highest BCUT2D eigenvalue weighted by atomic mass is 79.9. The second-order valence-corrected chi connectivity index (χ2v) is 6.88. The lowest BCUT2D eigenvalue weighted by Gasteiger charge is -2.25. The van der Waals surface area contributed by atoms with Gasteiger partial charge in [-0.05, 0) is 45.9 Å². The van der Waals surface area contributed by atoms with E-state index in [2.05, 4.69) is 21.2 Å². The van der Waals surface area contributed by atoms with Crippen LogP contribution in [0.2, 0.25) is 0 Å². The number of nitrogens with one attached hydrogen (secondary N) is 1. The van der Waals surface area contributed by atoms with E-state index in [1.807, 2.05) is 0 Å². The van der Waals surface area contributed by atoms with E-state index in [1.54, 1.807) is 39.0 Å². The minimum absolute atomic E-state index is 0.331. The summed E-state index contributed by atoms with van der Waals surface area (Å²) >= 11 is 3.27. The Morgan fingerprint density at radius 3 is 2.43 bits per heavy atom. The average molecular weight is 389 g/mol. The molecule has 1 aromatic carbocycles. The molecule has 7 nitrogen and oxygen atoms in total. The molecule has 0 aromatic heterocycles. The van der Waals surface area contributed by atoms with Crippen molar-refractivity contribution in [2.24, 2.45) is 0 Å². The number of rotatable bonds is 5. The summed E-state index contributed by atoms with van der Waals surface area (Å²) in [5, 5.41) is 11.6. The second kappa shape index (κ2) is 7.54. The number of benzene rings is 1. The molecule has 1 amide bonds. The average Bonchev–Trinajstić information content (AvgIpc) is 2.36. The predicted octanol–water partition coefficient (Wildman–Crippen LogP) is 2.78. The summed E-state index contributed by atoms with van der Waals surface area (Å²) in [5.74, 6) is -0.906. The standard InChI is InChI=1S/C15H21BrN2O5/c1-8(22-11-6-5-9(16)7-10(11)17)12(13(19)20)18-14(21)23-15(2,3)4/h5-8,12H,17H2,1-4H3,(H,18,21)(H,19,20)/t8-,12+/m1/s1. The lowest BCUT2D eigenvalue weighted by atomic mass is 10.2. The van der Waals surface area contributed by atoms with E-state index in [9.17, 15) is 14.7 Å². The number of amides is 1. The van der Waals surface area contributed by atoms with Crippen molar-refractivity contribution < 1.29 is 24.2 Å². The first-order chi connectivity index (χ1) is 10.5. The number of anilines is 1. The zero-order valence-electron chi connectivity index (χ0n) is 13.4. The Labute approximate surface area is 143 Å². The zero-order valence-corrected chi connectivity index (χ0v) is 15.0. The van der Waals surface area contributed by atoms with Crippen LogP contribution >= 0.6 is 15.9 Å². The van der Waals surface area contributed by atoms with Gasteiger partial charge < -0.3 is 25.6 Å². The molecule has 128 valence electrons. The van der Waals surface area contributed by atoms with Crippen molar-refractivity contribution in [3.8, 4) is 5.75 Å². The van der Waals surface area contributed by atoms with Gasteiger partial charge in [-0.2, -0.15) is 0 Å². The molecule has 1 aromatic rings. The van der Waals surface area contributed by atoms with Gasteiger partial charge in [0.05, 0.1) is 5.69 Å². The summed E-state index contributed by atoms with van der Waals surface area (Å²) < 4.78 is 11.4. The van der Waals surface area contributed by atoms with Gasteiger partial charge in [-0.1, -0.05) is 15.9 Å². The summed E-state index contributed by atoms with van der Waals surface area (Å²) in [6.07, 6.45) is -1.69. The molecular weight excluding hydrogens is 368 g/mol. The van der Waals surface area contributed by atoms with Crippen LogP contribution in [0.3, 0.4) is 0 Å². The summed E-state index contributed by atoms with van der Waals surface area (Å²) in [6.45, 7) is 6.58. The number of ether oxygens (including phenoxy) is 2. The van der Waals surface area contributed by atoms with Crippen LogP contribution in [0.4, 0.5) is 10.5 Å². The number of nitrogens with two attached hydrogens (primary N) is 1. The lowest BCUT2D eigenvalue weighted by molar-refractivity contribution is -0.141. The number of nitrogen functional groups attached to an aromatic ring is 1. The van der Waals surface area contributed by atoms with Crippen molar-refractivity contribution in [3.05, 3.63) is 22.7 Å². The first-order valence-corrected chi connectivity index (χ1v) is 7.73. The number of carbonyl (C=O) groups excluding carboxylic acids is 1. The lowest BCUT2D eigenvalue weighted by Crippen LogP contribution is -2.51. The minimum Gasteiger partial charge on any atom is -0.486 e. The van der Waals surface area contributed by atoms with Crippen molar-refractivity contribution in [3.63, 3.8) is 0 Å². The Hall–Kier alpha value is -1.96. The monoisotopic (exact) mass is 388 g/mol. The van der Waals surface area contributed by atoms with Gasteiger partial charge in [0.15, 0.2) is 6.04 Å². The van der Waals surface area contributed by atoms with Gasteiger partial charge in [0.1, 0.15) is 17.5 Å². The fraction of sp³-hybridized carbons (Fsp3) is 0.467. The van der Waals surface area contributed by atoms with E-state index >= 15 is 0 Å². The Kier molecular flexibility index (Phi) is 6.26. The van der Waals surface area contributed by atoms with Crippen LogP contribution in [0.5, 0.6) is 5.75 Å².